The quantitative estimate of drug-likeness (QED) is 0.523. The van der Waals surface area contributed by atoms with E-state index in [9.17, 15) is 4.79 Å². The SMILES string of the molecule is Cc1cc(Nc2nc(N3CCN(C(=O)c4cc(C)oc4C)CC3)nn3cccc23)n[nH]1. The third kappa shape index (κ3) is 3.60. The van der Waals surface area contributed by atoms with Crippen LogP contribution in [0.3, 0.4) is 0 Å². The lowest BCUT2D eigenvalue weighted by atomic mass is 10.2. The van der Waals surface area contributed by atoms with Crippen molar-refractivity contribution in [3.05, 3.63) is 53.2 Å². The van der Waals surface area contributed by atoms with Crippen molar-refractivity contribution in [2.24, 2.45) is 0 Å². The van der Waals surface area contributed by atoms with E-state index in [1.807, 2.05) is 56.1 Å². The molecular weight excluding hydrogens is 396 g/mol. The number of hydrogen-bond acceptors (Lipinski definition) is 7. The van der Waals surface area contributed by atoms with E-state index >= 15 is 0 Å². The standard InChI is InChI=1S/C21H24N8O2/c1-13-11-18(25-24-13)22-19-17-5-4-6-29(17)26-21(23-19)28-9-7-27(8-10-28)20(30)16-12-14(2)31-15(16)3/h4-6,11-12H,7-10H2,1-3H3,(H2,22,23,24,25,26). The van der Waals surface area contributed by atoms with Gasteiger partial charge in [0.2, 0.25) is 5.95 Å². The van der Waals surface area contributed by atoms with E-state index in [1.165, 1.54) is 0 Å². The molecule has 31 heavy (non-hydrogen) atoms. The molecule has 0 bridgehead atoms. The molecular formula is C21H24N8O2. The second kappa shape index (κ2) is 7.46. The van der Waals surface area contributed by atoms with Gasteiger partial charge >= 0.3 is 0 Å². The van der Waals surface area contributed by atoms with Crippen molar-refractivity contribution in [3.63, 3.8) is 0 Å². The number of H-pyrrole nitrogens is 1. The Bertz CT molecular complexity index is 1250. The number of nitrogens with one attached hydrogen (secondary N) is 2. The lowest BCUT2D eigenvalue weighted by Crippen LogP contribution is -2.49. The molecule has 10 heteroatoms. The molecule has 5 heterocycles. The van der Waals surface area contributed by atoms with Crippen molar-refractivity contribution in [1.29, 1.82) is 0 Å². The Morgan fingerprint density at radius 3 is 2.65 bits per heavy atom. The van der Waals surface area contributed by atoms with Crippen LogP contribution in [0, 0.1) is 20.8 Å². The zero-order valence-electron chi connectivity index (χ0n) is 17.7. The Morgan fingerprint density at radius 2 is 1.97 bits per heavy atom. The van der Waals surface area contributed by atoms with Crippen molar-refractivity contribution >= 4 is 29.0 Å². The van der Waals surface area contributed by atoms with Crippen molar-refractivity contribution in [3.8, 4) is 0 Å². The lowest BCUT2D eigenvalue weighted by molar-refractivity contribution is 0.0744. The highest BCUT2D eigenvalue weighted by Gasteiger charge is 2.26. The summed E-state index contributed by atoms with van der Waals surface area (Å²) in [5, 5.41) is 15.1. The summed E-state index contributed by atoms with van der Waals surface area (Å²) in [7, 11) is 0. The zero-order chi connectivity index (χ0) is 21.5. The predicted molar refractivity (Wildman–Crippen MR) is 116 cm³/mol. The fraction of sp³-hybridized carbons (Fsp3) is 0.333. The van der Waals surface area contributed by atoms with Gasteiger partial charge in [0.1, 0.15) is 17.0 Å². The second-order valence-electron chi connectivity index (χ2n) is 7.77. The van der Waals surface area contributed by atoms with Gasteiger partial charge in [-0.3, -0.25) is 9.89 Å². The van der Waals surface area contributed by atoms with Crippen molar-refractivity contribution in [2.45, 2.75) is 20.8 Å². The van der Waals surface area contributed by atoms with Crippen LogP contribution < -0.4 is 10.2 Å². The Labute approximate surface area is 178 Å². The molecule has 0 saturated carbocycles. The maximum atomic E-state index is 12.9. The average molecular weight is 420 g/mol. The molecule has 4 aromatic heterocycles. The summed E-state index contributed by atoms with van der Waals surface area (Å²) in [6, 6.07) is 7.62. The number of nitrogens with zero attached hydrogens (tertiary/aromatic N) is 6. The average Bonchev–Trinajstić information content (AvgIpc) is 3.47. The maximum absolute atomic E-state index is 12.9. The van der Waals surface area contributed by atoms with E-state index in [2.05, 4.69) is 25.5 Å². The van der Waals surface area contributed by atoms with Gasteiger partial charge < -0.3 is 19.5 Å². The third-order valence-electron chi connectivity index (χ3n) is 5.45. The molecule has 5 rings (SSSR count). The molecule has 0 atom stereocenters. The zero-order valence-corrected chi connectivity index (χ0v) is 17.7. The third-order valence-corrected chi connectivity index (χ3v) is 5.45. The number of aromatic amines is 1. The maximum Gasteiger partial charge on any atom is 0.257 e. The van der Waals surface area contributed by atoms with Crippen molar-refractivity contribution in [2.75, 3.05) is 36.4 Å². The van der Waals surface area contributed by atoms with Gasteiger partial charge in [-0.25, -0.2) is 4.52 Å². The summed E-state index contributed by atoms with van der Waals surface area (Å²) >= 11 is 0. The van der Waals surface area contributed by atoms with Crippen LogP contribution in [0.2, 0.25) is 0 Å². The van der Waals surface area contributed by atoms with Crippen LogP contribution in [0.1, 0.15) is 27.6 Å². The van der Waals surface area contributed by atoms with Crippen LogP contribution in [0.4, 0.5) is 17.6 Å². The van der Waals surface area contributed by atoms with E-state index < -0.39 is 0 Å². The van der Waals surface area contributed by atoms with Gasteiger partial charge in [0.05, 0.1) is 5.56 Å². The minimum Gasteiger partial charge on any atom is -0.466 e. The Kier molecular flexibility index (Phi) is 4.61. The summed E-state index contributed by atoms with van der Waals surface area (Å²) in [5.41, 5.74) is 2.47. The van der Waals surface area contributed by atoms with E-state index in [-0.39, 0.29) is 5.91 Å². The molecule has 0 radical (unpaired) electrons. The molecule has 1 aliphatic rings. The van der Waals surface area contributed by atoms with Crippen LogP contribution >= 0.6 is 0 Å². The Hall–Kier alpha value is -3.82. The van der Waals surface area contributed by atoms with E-state index in [0.29, 0.717) is 55.1 Å². The first-order valence-electron chi connectivity index (χ1n) is 10.2. The van der Waals surface area contributed by atoms with Crippen LogP contribution in [-0.2, 0) is 0 Å². The fourth-order valence-electron chi connectivity index (χ4n) is 3.88. The Balaban J connectivity index is 1.35. The lowest BCUT2D eigenvalue weighted by Gasteiger charge is -2.34. The molecule has 4 aromatic rings. The number of amides is 1. The summed E-state index contributed by atoms with van der Waals surface area (Å²) in [5.74, 6) is 3.42. The molecule has 1 saturated heterocycles. The number of fused-ring (bicyclic) bond motifs is 1. The monoisotopic (exact) mass is 420 g/mol. The minimum atomic E-state index is 0.00652. The molecule has 0 unspecified atom stereocenters. The van der Waals surface area contributed by atoms with Gasteiger partial charge in [-0.05, 0) is 39.0 Å². The van der Waals surface area contributed by atoms with Gasteiger partial charge in [-0.2, -0.15) is 10.1 Å². The van der Waals surface area contributed by atoms with E-state index in [4.69, 9.17) is 9.40 Å². The predicted octanol–water partition coefficient (Wildman–Crippen LogP) is 2.68. The van der Waals surface area contributed by atoms with Crippen LogP contribution in [0.5, 0.6) is 0 Å². The summed E-state index contributed by atoms with van der Waals surface area (Å²) < 4.78 is 7.32. The number of carbonyl (C=O) groups excluding carboxylic acids is 1. The number of aromatic nitrogens is 5. The normalized spacial score (nSPS) is 14.4. The molecule has 1 aliphatic heterocycles. The minimum absolute atomic E-state index is 0.00652. The number of rotatable bonds is 4. The molecule has 0 aromatic carbocycles. The largest absolute Gasteiger partial charge is 0.466 e. The fourth-order valence-corrected chi connectivity index (χ4v) is 3.88. The number of piperazine rings is 1. The van der Waals surface area contributed by atoms with Gasteiger partial charge in [0.25, 0.3) is 5.91 Å². The topological polar surface area (TPSA) is 108 Å². The van der Waals surface area contributed by atoms with Gasteiger partial charge in [-0.15, -0.1) is 5.10 Å². The first-order chi connectivity index (χ1) is 15.0. The molecule has 160 valence electrons. The molecule has 10 nitrogen and oxygen atoms in total. The molecule has 0 spiro atoms. The number of furan rings is 1. The Morgan fingerprint density at radius 1 is 1.16 bits per heavy atom. The molecule has 0 aliphatic carbocycles. The van der Waals surface area contributed by atoms with Crippen LogP contribution in [-0.4, -0.2) is 61.8 Å². The van der Waals surface area contributed by atoms with Gasteiger partial charge in [0.15, 0.2) is 11.6 Å². The van der Waals surface area contributed by atoms with Crippen molar-refractivity contribution < 1.29 is 9.21 Å². The number of anilines is 3. The highest BCUT2D eigenvalue weighted by Crippen LogP contribution is 2.23. The van der Waals surface area contributed by atoms with E-state index in [0.717, 1.165) is 17.0 Å². The highest BCUT2D eigenvalue weighted by molar-refractivity contribution is 5.95. The molecule has 2 N–H and O–H groups in total. The molecule has 1 fully saturated rings. The van der Waals surface area contributed by atoms with Crippen LogP contribution in [0.25, 0.3) is 5.52 Å². The smallest absolute Gasteiger partial charge is 0.257 e. The number of carbonyl (C=O) groups is 1. The van der Waals surface area contributed by atoms with Gasteiger partial charge in [0, 0.05) is 44.1 Å². The summed E-state index contributed by atoms with van der Waals surface area (Å²) in [6.07, 6.45) is 1.89. The number of hydrogen-bond donors (Lipinski definition) is 2. The first-order valence-corrected chi connectivity index (χ1v) is 10.2. The highest BCUT2D eigenvalue weighted by atomic mass is 16.3. The first kappa shape index (κ1) is 19.2. The second-order valence-corrected chi connectivity index (χ2v) is 7.77. The number of aryl methyl sites for hydroxylation is 3. The molecule has 1 amide bonds. The van der Waals surface area contributed by atoms with Crippen molar-refractivity contribution in [1.82, 2.24) is 29.7 Å². The summed E-state index contributed by atoms with van der Waals surface area (Å²) in [4.78, 5) is 21.6. The van der Waals surface area contributed by atoms with Crippen LogP contribution in [0.15, 0.2) is 34.9 Å². The van der Waals surface area contributed by atoms with E-state index in [1.54, 1.807) is 4.52 Å². The summed E-state index contributed by atoms with van der Waals surface area (Å²) in [6.45, 7) is 8.11. The van der Waals surface area contributed by atoms with Gasteiger partial charge in [-0.1, -0.05) is 0 Å².